The predicted molar refractivity (Wildman–Crippen MR) is 80.0 cm³/mol. The summed E-state index contributed by atoms with van der Waals surface area (Å²) in [7, 11) is 1.35. The Morgan fingerprint density at radius 1 is 1.48 bits per heavy atom. The molecule has 0 saturated carbocycles. The minimum Gasteiger partial charge on any atom is -0.465 e. The lowest BCUT2D eigenvalue weighted by Crippen LogP contribution is -2.15. The van der Waals surface area contributed by atoms with Gasteiger partial charge < -0.3 is 14.8 Å². The van der Waals surface area contributed by atoms with E-state index in [4.69, 9.17) is 9.47 Å². The van der Waals surface area contributed by atoms with Crippen molar-refractivity contribution in [3.05, 3.63) is 17.2 Å². The van der Waals surface area contributed by atoms with E-state index in [2.05, 4.69) is 10.3 Å². The van der Waals surface area contributed by atoms with Gasteiger partial charge in [0.25, 0.3) is 0 Å². The lowest BCUT2D eigenvalue weighted by atomic mass is 9.96. The van der Waals surface area contributed by atoms with Gasteiger partial charge in [-0.15, -0.1) is 11.3 Å². The first-order valence-corrected chi connectivity index (χ1v) is 7.59. The molecule has 6 nitrogen and oxygen atoms in total. The highest BCUT2D eigenvalue weighted by Gasteiger charge is 2.20. The molecule has 0 atom stereocenters. The largest absolute Gasteiger partial charge is 0.465 e. The molecule has 1 aliphatic rings. The molecule has 1 aliphatic heterocycles. The van der Waals surface area contributed by atoms with Crippen LogP contribution in [0.3, 0.4) is 0 Å². The SMILES string of the molecule is COC(=O)/C(=C\C1CCOCC1)c1csc(NC(C)=O)n1. The number of carbonyl (C=O) groups excluding carboxylic acids is 2. The van der Waals surface area contributed by atoms with Crippen LogP contribution in [-0.4, -0.2) is 37.2 Å². The van der Waals surface area contributed by atoms with Crippen molar-refractivity contribution >= 4 is 33.9 Å². The topological polar surface area (TPSA) is 77.5 Å². The van der Waals surface area contributed by atoms with E-state index >= 15 is 0 Å². The number of carbonyl (C=O) groups is 2. The number of esters is 1. The van der Waals surface area contributed by atoms with Gasteiger partial charge in [0.15, 0.2) is 5.13 Å². The van der Waals surface area contributed by atoms with Crippen molar-refractivity contribution in [1.29, 1.82) is 0 Å². The summed E-state index contributed by atoms with van der Waals surface area (Å²) in [6, 6.07) is 0. The molecule has 1 amide bonds. The Kier molecular flexibility index (Phi) is 5.46. The first-order valence-electron chi connectivity index (χ1n) is 6.71. The molecule has 1 saturated heterocycles. The Morgan fingerprint density at radius 3 is 2.81 bits per heavy atom. The van der Waals surface area contributed by atoms with Crippen LogP contribution in [0.1, 0.15) is 25.5 Å². The fourth-order valence-corrected chi connectivity index (χ4v) is 2.85. The zero-order valence-corrected chi connectivity index (χ0v) is 12.9. The Balaban J connectivity index is 2.22. The third kappa shape index (κ3) is 4.37. The van der Waals surface area contributed by atoms with Crippen LogP contribution in [0.5, 0.6) is 0 Å². The van der Waals surface area contributed by atoms with E-state index < -0.39 is 5.97 Å². The molecule has 114 valence electrons. The molecule has 0 bridgehead atoms. The fourth-order valence-electron chi connectivity index (χ4n) is 2.09. The molecule has 1 aromatic heterocycles. The molecule has 2 heterocycles. The first-order chi connectivity index (χ1) is 10.1. The maximum absolute atomic E-state index is 12.0. The summed E-state index contributed by atoms with van der Waals surface area (Å²) in [6.07, 6.45) is 3.66. The lowest BCUT2D eigenvalue weighted by molar-refractivity contribution is -0.133. The third-order valence-electron chi connectivity index (χ3n) is 3.14. The second-order valence-electron chi connectivity index (χ2n) is 4.74. The summed E-state index contributed by atoms with van der Waals surface area (Å²) in [6.45, 7) is 2.81. The highest BCUT2D eigenvalue weighted by atomic mass is 32.1. The molecule has 0 spiro atoms. The van der Waals surface area contributed by atoms with Gasteiger partial charge in [-0.3, -0.25) is 4.79 Å². The predicted octanol–water partition coefficient (Wildman–Crippen LogP) is 2.08. The van der Waals surface area contributed by atoms with Crippen LogP contribution in [0, 0.1) is 5.92 Å². The van der Waals surface area contributed by atoms with Gasteiger partial charge in [-0.2, -0.15) is 0 Å². The van der Waals surface area contributed by atoms with Gasteiger partial charge in [-0.1, -0.05) is 6.08 Å². The molecule has 0 aromatic carbocycles. The number of amides is 1. The molecule has 7 heteroatoms. The van der Waals surface area contributed by atoms with Crippen molar-refractivity contribution in [2.75, 3.05) is 25.6 Å². The van der Waals surface area contributed by atoms with E-state index in [0.717, 1.165) is 12.8 Å². The smallest absolute Gasteiger partial charge is 0.339 e. The van der Waals surface area contributed by atoms with E-state index in [1.54, 1.807) is 5.38 Å². The molecular weight excluding hydrogens is 292 g/mol. The van der Waals surface area contributed by atoms with E-state index in [-0.39, 0.29) is 11.8 Å². The minimum absolute atomic E-state index is 0.191. The summed E-state index contributed by atoms with van der Waals surface area (Å²) in [5, 5.41) is 4.82. The average Bonchev–Trinajstić information content (AvgIpc) is 2.92. The number of nitrogens with zero attached hydrogens (tertiary/aromatic N) is 1. The molecule has 0 unspecified atom stereocenters. The number of ether oxygens (including phenoxy) is 2. The van der Waals surface area contributed by atoms with Crippen LogP contribution in [0.15, 0.2) is 11.5 Å². The molecule has 1 N–H and O–H groups in total. The molecule has 2 rings (SSSR count). The van der Waals surface area contributed by atoms with E-state index in [1.807, 2.05) is 6.08 Å². The monoisotopic (exact) mass is 310 g/mol. The van der Waals surface area contributed by atoms with Gasteiger partial charge in [-0.05, 0) is 18.8 Å². The van der Waals surface area contributed by atoms with Gasteiger partial charge in [0.05, 0.1) is 18.4 Å². The van der Waals surface area contributed by atoms with Crippen LogP contribution in [0.2, 0.25) is 0 Å². The second-order valence-corrected chi connectivity index (χ2v) is 5.60. The number of anilines is 1. The second kappa shape index (κ2) is 7.33. The zero-order valence-electron chi connectivity index (χ0n) is 12.0. The molecule has 0 aliphatic carbocycles. The van der Waals surface area contributed by atoms with Gasteiger partial charge in [0, 0.05) is 25.5 Å². The number of hydrogen-bond acceptors (Lipinski definition) is 6. The van der Waals surface area contributed by atoms with E-state index in [9.17, 15) is 9.59 Å². The highest BCUT2D eigenvalue weighted by Crippen LogP contribution is 2.26. The quantitative estimate of drug-likeness (QED) is 0.680. The maximum Gasteiger partial charge on any atom is 0.339 e. The van der Waals surface area contributed by atoms with Gasteiger partial charge in [-0.25, -0.2) is 9.78 Å². The van der Waals surface area contributed by atoms with Gasteiger partial charge >= 0.3 is 5.97 Å². The van der Waals surface area contributed by atoms with Crippen LogP contribution < -0.4 is 5.32 Å². The molecular formula is C14H18N2O4S. The number of methoxy groups -OCH3 is 1. The van der Waals surface area contributed by atoms with Crippen molar-refractivity contribution in [2.45, 2.75) is 19.8 Å². The molecule has 0 radical (unpaired) electrons. The summed E-state index contributed by atoms with van der Waals surface area (Å²) in [5.74, 6) is -0.330. The Morgan fingerprint density at radius 2 is 2.19 bits per heavy atom. The van der Waals surface area contributed by atoms with Crippen molar-refractivity contribution in [1.82, 2.24) is 4.98 Å². The molecule has 1 fully saturated rings. The Labute approximate surface area is 127 Å². The minimum atomic E-state index is -0.416. The lowest BCUT2D eigenvalue weighted by Gasteiger charge is -2.19. The van der Waals surface area contributed by atoms with Crippen molar-refractivity contribution in [3.63, 3.8) is 0 Å². The molecule has 1 aromatic rings. The zero-order chi connectivity index (χ0) is 15.2. The van der Waals surface area contributed by atoms with E-state index in [0.29, 0.717) is 29.6 Å². The van der Waals surface area contributed by atoms with Crippen molar-refractivity contribution in [2.24, 2.45) is 5.92 Å². The summed E-state index contributed by atoms with van der Waals surface area (Å²) in [5.41, 5.74) is 0.972. The maximum atomic E-state index is 12.0. The number of rotatable bonds is 4. The van der Waals surface area contributed by atoms with Crippen LogP contribution in [0.4, 0.5) is 5.13 Å². The summed E-state index contributed by atoms with van der Waals surface area (Å²) < 4.78 is 10.2. The van der Waals surface area contributed by atoms with Crippen LogP contribution >= 0.6 is 11.3 Å². The summed E-state index contributed by atoms with van der Waals surface area (Å²) >= 11 is 1.28. The Bertz CT molecular complexity index is 547. The average molecular weight is 310 g/mol. The fraction of sp³-hybridized carbons (Fsp3) is 0.500. The highest BCUT2D eigenvalue weighted by molar-refractivity contribution is 7.14. The summed E-state index contributed by atoms with van der Waals surface area (Å²) in [4.78, 5) is 27.3. The normalized spacial score (nSPS) is 16.6. The van der Waals surface area contributed by atoms with Crippen LogP contribution in [0.25, 0.3) is 5.57 Å². The number of hydrogen-bond donors (Lipinski definition) is 1. The van der Waals surface area contributed by atoms with Crippen LogP contribution in [-0.2, 0) is 19.1 Å². The van der Waals surface area contributed by atoms with Crippen molar-refractivity contribution in [3.8, 4) is 0 Å². The van der Waals surface area contributed by atoms with E-state index in [1.165, 1.54) is 25.4 Å². The standard InChI is InChI=1S/C14H18N2O4S/c1-9(17)15-14-16-12(8-21-14)11(13(18)19-2)7-10-3-5-20-6-4-10/h7-8,10H,3-6H2,1-2H3,(H,15,16,17)/b11-7-. The number of aromatic nitrogens is 1. The van der Waals surface area contributed by atoms with Gasteiger partial charge in [0.2, 0.25) is 5.91 Å². The van der Waals surface area contributed by atoms with Gasteiger partial charge in [0.1, 0.15) is 0 Å². The van der Waals surface area contributed by atoms with Crippen molar-refractivity contribution < 1.29 is 19.1 Å². The number of allylic oxidation sites excluding steroid dienone is 1. The first kappa shape index (κ1) is 15.7. The number of nitrogens with one attached hydrogen (secondary N) is 1. The number of thiazole rings is 1. The Hall–Kier alpha value is -1.73. The third-order valence-corrected chi connectivity index (χ3v) is 3.89. The molecule has 21 heavy (non-hydrogen) atoms.